The molecule has 1 aliphatic heterocycles. The van der Waals surface area contributed by atoms with Gasteiger partial charge in [-0.2, -0.15) is 0 Å². The Morgan fingerprint density at radius 1 is 1.12 bits per heavy atom. The molecule has 1 saturated heterocycles. The second-order valence-electron chi connectivity index (χ2n) is 5.68. The molecule has 1 heterocycles. The maximum atomic E-state index is 12.9. The van der Waals surface area contributed by atoms with Crippen LogP contribution in [0.5, 0.6) is 0 Å². The molecule has 3 rings (SSSR count). The van der Waals surface area contributed by atoms with E-state index in [1.807, 2.05) is 25.1 Å². The third-order valence-corrected chi connectivity index (χ3v) is 4.88. The van der Waals surface area contributed by atoms with Crippen LogP contribution in [0, 0.1) is 6.92 Å². The maximum absolute atomic E-state index is 12.9. The van der Waals surface area contributed by atoms with Crippen molar-refractivity contribution >= 4 is 40.2 Å². The number of aryl methyl sites for hydroxylation is 1. The van der Waals surface area contributed by atoms with Crippen molar-refractivity contribution in [3.8, 4) is 0 Å². The molecule has 2 aromatic carbocycles. The Kier molecular flexibility index (Phi) is 4.76. The summed E-state index contributed by atoms with van der Waals surface area (Å²) in [5.74, 6) is -0.956. The lowest BCUT2D eigenvalue weighted by Crippen LogP contribution is -2.45. The largest absolute Gasteiger partial charge is 0.368 e. The summed E-state index contributed by atoms with van der Waals surface area (Å²) in [5, 5.41) is -1.20. The van der Waals surface area contributed by atoms with Gasteiger partial charge in [-0.3, -0.25) is 14.4 Å². The van der Waals surface area contributed by atoms with E-state index in [0.717, 1.165) is 22.2 Å². The first kappa shape index (κ1) is 17.0. The Bertz CT molecular complexity index is 808. The van der Waals surface area contributed by atoms with Gasteiger partial charge in [0.25, 0.3) is 11.1 Å². The Hall–Kier alpha value is -2.80. The van der Waals surface area contributed by atoms with Crippen molar-refractivity contribution in [2.45, 2.75) is 12.3 Å². The quantitative estimate of drug-likeness (QED) is 0.891. The summed E-state index contributed by atoms with van der Waals surface area (Å²) in [4.78, 5) is 39.5. The lowest BCUT2D eigenvalue weighted by molar-refractivity contribution is -0.117. The summed E-state index contributed by atoms with van der Waals surface area (Å²) >= 11 is 0.881. The first-order chi connectivity index (χ1) is 12.0. The van der Waals surface area contributed by atoms with Gasteiger partial charge in [0.15, 0.2) is 5.37 Å². The van der Waals surface area contributed by atoms with E-state index in [1.54, 1.807) is 41.3 Å². The minimum Gasteiger partial charge on any atom is -0.368 e. The number of rotatable bonds is 5. The van der Waals surface area contributed by atoms with Crippen LogP contribution in [0.2, 0.25) is 0 Å². The predicted octanol–water partition coefficient (Wildman–Crippen LogP) is 2.51. The summed E-state index contributed by atoms with van der Waals surface area (Å²) < 4.78 is 0. The number of carbonyl (C=O) groups is 3. The predicted molar refractivity (Wildman–Crippen MR) is 98.4 cm³/mol. The molecule has 0 aliphatic carbocycles. The van der Waals surface area contributed by atoms with Crippen LogP contribution in [0.1, 0.15) is 5.56 Å². The van der Waals surface area contributed by atoms with Gasteiger partial charge in [-0.1, -0.05) is 35.9 Å². The highest BCUT2D eigenvalue weighted by molar-refractivity contribution is 8.16. The van der Waals surface area contributed by atoms with Gasteiger partial charge in [-0.15, -0.1) is 0 Å². The normalized spacial score (nSPS) is 17.0. The van der Waals surface area contributed by atoms with Gasteiger partial charge in [0.05, 0.1) is 12.2 Å². The second kappa shape index (κ2) is 6.98. The number of carbonyl (C=O) groups excluding carboxylic acids is 3. The van der Waals surface area contributed by atoms with Crippen molar-refractivity contribution < 1.29 is 14.4 Å². The maximum Gasteiger partial charge on any atom is 0.295 e. The van der Waals surface area contributed by atoms with E-state index in [9.17, 15) is 14.4 Å². The molecule has 0 spiro atoms. The third kappa shape index (κ3) is 3.51. The van der Waals surface area contributed by atoms with Crippen LogP contribution < -0.4 is 15.5 Å². The molecule has 1 aliphatic rings. The van der Waals surface area contributed by atoms with E-state index >= 15 is 0 Å². The van der Waals surface area contributed by atoms with Crippen molar-refractivity contribution in [1.82, 2.24) is 0 Å². The average molecular weight is 355 g/mol. The molecule has 1 fully saturated rings. The van der Waals surface area contributed by atoms with Gasteiger partial charge in [0, 0.05) is 5.69 Å². The van der Waals surface area contributed by atoms with Gasteiger partial charge >= 0.3 is 0 Å². The summed E-state index contributed by atoms with van der Waals surface area (Å²) in [7, 11) is 0. The zero-order chi connectivity index (χ0) is 18.0. The zero-order valence-electron chi connectivity index (χ0n) is 13.6. The average Bonchev–Trinajstić information content (AvgIpc) is 2.89. The Morgan fingerprint density at radius 3 is 2.36 bits per heavy atom. The minimum absolute atomic E-state index is 0.150. The lowest BCUT2D eigenvalue weighted by Gasteiger charge is -2.27. The summed E-state index contributed by atoms with van der Waals surface area (Å²) in [6.45, 7) is 1.78. The van der Waals surface area contributed by atoms with Crippen molar-refractivity contribution in [2.75, 3.05) is 16.3 Å². The zero-order valence-corrected chi connectivity index (χ0v) is 14.4. The number of imide groups is 1. The van der Waals surface area contributed by atoms with Gasteiger partial charge in [0.1, 0.15) is 0 Å². The topological polar surface area (TPSA) is 83.7 Å². The number of benzene rings is 2. The second-order valence-corrected chi connectivity index (χ2v) is 6.71. The highest BCUT2D eigenvalue weighted by atomic mass is 32.2. The molecule has 7 heteroatoms. The van der Waals surface area contributed by atoms with E-state index in [1.165, 1.54) is 0 Å². The molecule has 128 valence electrons. The minimum atomic E-state index is -0.830. The van der Waals surface area contributed by atoms with Crippen LogP contribution in [0.4, 0.5) is 16.2 Å². The number of para-hydroxylation sites is 1. The van der Waals surface area contributed by atoms with Crippen molar-refractivity contribution in [3.05, 3.63) is 60.2 Å². The van der Waals surface area contributed by atoms with Gasteiger partial charge < -0.3 is 10.6 Å². The van der Waals surface area contributed by atoms with Crippen LogP contribution in [0.3, 0.4) is 0 Å². The first-order valence-electron chi connectivity index (χ1n) is 7.68. The number of nitrogens with two attached hydrogens (primary N) is 1. The highest BCUT2D eigenvalue weighted by Gasteiger charge is 2.44. The van der Waals surface area contributed by atoms with Gasteiger partial charge in [0.2, 0.25) is 5.91 Å². The van der Waals surface area contributed by atoms with E-state index < -0.39 is 11.3 Å². The molecule has 0 bridgehead atoms. The summed E-state index contributed by atoms with van der Waals surface area (Å²) in [5.41, 5.74) is 7.55. The fourth-order valence-corrected chi connectivity index (χ4v) is 3.64. The number of anilines is 2. The Balaban J connectivity index is 1.93. The van der Waals surface area contributed by atoms with Crippen LogP contribution in [0.15, 0.2) is 54.6 Å². The summed E-state index contributed by atoms with van der Waals surface area (Å²) in [6, 6.07) is 16.1. The third-order valence-electron chi connectivity index (χ3n) is 3.82. The fourth-order valence-electron chi connectivity index (χ4n) is 2.62. The molecule has 0 radical (unpaired) electrons. The van der Waals surface area contributed by atoms with Crippen molar-refractivity contribution in [1.29, 1.82) is 0 Å². The van der Waals surface area contributed by atoms with Crippen LogP contribution in [0.25, 0.3) is 0 Å². The number of thioether (sulfide) groups is 1. The Morgan fingerprint density at radius 2 is 1.76 bits per heavy atom. The number of hydrogen-bond acceptors (Lipinski definition) is 5. The van der Waals surface area contributed by atoms with Crippen LogP contribution >= 0.6 is 11.8 Å². The molecule has 2 aromatic rings. The highest BCUT2D eigenvalue weighted by Crippen LogP contribution is 2.35. The van der Waals surface area contributed by atoms with Crippen LogP contribution in [-0.4, -0.2) is 29.0 Å². The summed E-state index contributed by atoms with van der Waals surface area (Å²) in [6.07, 6.45) is 0. The SMILES string of the molecule is Cc1ccc(N2C(=O)S[C@@H](N(CC(N)=O)c3ccccc3)C2=O)cc1. The molecule has 0 saturated carbocycles. The number of hydrogen-bond donors (Lipinski definition) is 1. The smallest absolute Gasteiger partial charge is 0.295 e. The molecule has 6 nitrogen and oxygen atoms in total. The molecular formula is C18H17N3O3S. The lowest BCUT2D eigenvalue weighted by atomic mass is 10.2. The van der Waals surface area contributed by atoms with Crippen molar-refractivity contribution in [2.24, 2.45) is 5.73 Å². The first-order valence-corrected chi connectivity index (χ1v) is 8.56. The number of amides is 3. The monoisotopic (exact) mass is 355 g/mol. The number of nitrogens with zero attached hydrogens (tertiary/aromatic N) is 2. The van der Waals surface area contributed by atoms with Crippen molar-refractivity contribution in [3.63, 3.8) is 0 Å². The molecule has 2 N–H and O–H groups in total. The standard InChI is InChI=1S/C18H17N3O3S/c1-12-7-9-14(10-8-12)21-16(23)17(25-18(21)24)20(11-15(19)22)13-5-3-2-4-6-13/h2-10,17H,11H2,1H3,(H2,19,22)/t17-/m1/s1. The van der Waals surface area contributed by atoms with E-state index in [2.05, 4.69) is 0 Å². The van der Waals surface area contributed by atoms with E-state index in [-0.39, 0.29) is 17.7 Å². The number of primary amides is 1. The molecule has 1 atom stereocenters. The van der Waals surface area contributed by atoms with Gasteiger partial charge in [-0.05, 0) is 43.0 Å². The molecule has 0 aromatic heterocycles. The van der Waals surface area contributed by atoms with Crippen LogP contribution in [-0.2, 0) is 9.59 Å². The molecule has 0 unspecified atom stereocenters. The van der Waals surface area contributed by atoms with Gasteiger partial charge in [-0.25, -0.2) is 4.90 Å². The molecule has 25 heavy (non-hydrogen) atoms. The Labute approximate surface area is 149 Å². The molecule has 3 amide bonds. The molecular weight excluding hydrogens is 338 g/mol. The van der Waals surface area contributed by atoms with E-state index in [4.69, 9.17) is 5.73 Å². The van der Waals surface area contributed by atoms with E-state index in [0.29, 0.717) is 11.4 Å². The fraction of sp³-hybridized carbons (Fsp3) is 0.167.